The highest BCUT2D eigenvalue weighted by atomic mass is 16.5. The molecule has 0 saturated heterocycles. The average Bonchev–Trinajstić information content (AvgIpc) is 2.95. The van der Waals surface area contributed by atoms with E-state index >= 15 is 0 Å². The van der Waals surface area contributed by atoms with Crippen molar-refractivity contribution in [3.63, 3.8) is 0 Å². The summed E-state index contributed by atoms with van der Waals surface area (Å²) in [7, 11) is 0. The van der Waals surface area contributed by atoms with E-state index in [2.05, 4.69) is 38.4 Å². The van der Waals surface area contributed by atoms with Gasteiger partial charge in [-0.1, -0.05) is 42.5 Å². The number of nitrogens with zero attached hydrogens (tertiary/aromatic N) is 1. The van der Waals surface area contributed by atoms with Gasteiger partial charge in [0.25, 0.3) is 0 Å². The van der Waals surface area contributed by atoms with Crippen molar-refractivity contribution in [2.75, 3.05) is 25.0 Å². The van der Waals surface area contributed by atoms with Crippen LogP contribution in [0, 0.1) is 5.92 Å². The standard InChI is InChI=1S/C28H35N5O5/c34-25(31-17-24(26(35)36)33-28(37)38-18-19-6-2-1-3-7-19)21-12-10-20(11-13-21)22-8-4-9-23(16-22)32-27-29-14-5-15-30-27/h1-4,6-9,16,20-21,24H,5,10-15,17-18H2,(H,31,34)(H,33,37)(H,35,36)(H2,29,30,32). The van der Waals surface area contributed by atoms with E-state index in [-0.39, 0.29) is 25.0 Å². The first-order valence-corrected chi connectivity index (χ1v) is 13.1. The number of anilines is 1. The van der Waals surface area contributed by atoms with Crippen molar-refractivity contribution in [3.05, 3.63) is 65.7 Å². The molecule has 10 nitrogen and oxygen atoms in total. The molecule has 1 aliphatic heterocycles. The molecule has 1 fully saturated rings. The van der Waals surface area contributed by atoms with Crippen LogP contribution < -0.4 is 21.3 Å². The molecule has 2 aromatic rings. The summed E-state index contributed by atoms with van der Waals surface area (Å²) >= 11 is 0. The number of hydrogen-bond acceptors (Lipinski definition) is 7. The number of carbonyl (C=O) groups excluding carboxylic acids is 2. The first-order valence-electron chi connectivity index (χ1n) is 13.1. The first-order chi connectivity index (χ1) is 18.5. The largest absolute Gasteiger partial charge is 0.480 e. The Labute approximate surface area is 222 Å². The number of aliphatic carboxylic acids is 1. The number of nitrogens with one attached hydrogen (secondary N) is 4. The van der Waals surface area contributed by atoms with E-state index in [0.29, 0.717) is 18.8 Å². The summed E-state index contributed by atoms with van der Waals surface area (Å²) < 4.78 is 5.10. The van der Waals surface area contributed by atoms with Gasteiger partial charge in [-0.3, -0.25) is 9.79 Å². The van der Waals surface area contributed by atoms with E-state index < -0.39 is 18.1 Å². The lowest BCUT2D eigenvalue weighted by atomic mass is 9.78. The van der Waals surface area contributed by atoms with Crippen LogP contribution in [-0.4, -0.2) is 54.7 Å². The molecule has 1 heterocycles. The minimum absolute atomic E-state index is 0.0270. The van der Waals surface area contributed by atoms with Gasteiger partial charge in [-0.05, 0) is 61.3 Å². The molecule has 1 atom stereocenters. The predicted octanol–water partition coefficient (Wildman–Crippen LogP) is 3.22. The normalized spacial score (nSPS) is 19.7. The van der Waals surface area contributed by atoms with Crippen LogP contribution in [0.3, 0.4) is 0 Å². The summed E-state index contributed by atoms with van der Waals surface area (Å²) in [5.41, 5.74) is 3.01. The fourth-order valence-electron chi connectivity index (χ4n) is 4.77. The van der Waals surface area contributed by atoms with E-state index in [1.807, 2.05) is 30.3 Å². The first kappa shape index (κ1) is 27.0. The van der Waals surface area contributed by atoms with Crippen molar-refractivity contribution in [2.45, 2.75) is 50.7 Å². The monoisotopic (exact) mass is 521 g/mol. The van der Waals surface area contributed by atoms with E-state index in [0.717, 1.165) is 49.6 Å². The van der Waals surface area contributed by atoms with E-state index in [9.17, 15) is 19.5 Å². The summed E-state index contributed by atoms with van der Waals surface area (Å²) in [6.45, 7) is 1.56. The maximum atomic E-state index is 12.8. The molecular weight excluding hydrogens is 486 g/mol. The molecule has 1 saturated carbocycles. The molecule has 2 aliphatic rings. The number of aliphatic imine (C=N–C) groups is 1. The molecule has 0 radical (unpaired) electrons. The Kier molecular flexibility index (Phi) is 9.55. The maximum Gasteiger partial charge on any atom is 0.408 e. The van der Waals surface area contributed by atoms with Crippen molar-refractivity contribution in [2.24, 2.45) is 10.9 Å². The van der Waals surface area contributed by atoms with Crippen LogP contribution in [0.5, 0.6) is 0 Å². The third kappa shape index (κ3) is 7.96. The SMILES string of the molecule is O=C(NC(CNC(=O)C1CCC(c2cccc(NC3=NCCCN3)c2)CC1)C(=O)O)OCc1ccccc1. The van der Waals surface area contributed by atoms with Gasteiger partial charge in [-0.15, -0.1) is 0 Å². The second-order valence-electron chi connectivity index (χ2n) is 9.65. The van der Waals surface area contributed by atoms with Gasteiger partial charge in [0.1, 0.15) is 12.6 Å². The number of rotatable bonds is 9. The zero-order chi connectivity index (χ0) is 26.7. The Hall–Kier alpha value is -4.08. The minimum Gasteiger partial charge on any atom is -0.480 e. The third-order valence-electron chi connectivity index (χ3n) is 6.90. The third-order valence-corrected chi connectivity index (χ3v) is 6.90. The molecule has 1 aliphatic carbocycles. The molecule has 202 valence electrons. The van der Waals surface area contributed by atoms with Gasteiger partial charge >= 0.3 is 12.1 Å². The Morgan fingerprint density at radius 1 is 1.05 bits per heavy atom. The van der Waals surface area contributed by atoms with Crippen LogP contribution in [0.4, 0.5) is 10.5 Å². The molecule has 10 heteroatoms. The number of carboxylic acids is 1. The molecule has 1 unspecified atom stereocenters. The second kappa shape index (κ2) is 13.5. The molecule has 2 amide bonds. The number of alkyl carbamates (subject to hydrolysis) is 1. The summed E-state index contributed by atoms with van der Waals surface area (Å²) in [5, 5.41) is 21.1. The van der Waals surface area contributed by atoms with Gasteiger partial charge in [-0.25, -0.2) is 9.59 Å². The van der Waals surface area contributed by atoms with Crippen LogP contribution >= 0.6 is 0 Å². The zero-order valence-corrected chi connectivity index (χ0v) is 21.3. The molecule has 5 N–H and O–H groups in total. The number of amides is 2. The highest BCUT2D eigenvalue weighted by Gasteiger charge is 2.29. The topological polar surface area (TPSA) is 141 Å². The maximum absolute atomic E-state index is 12.8. The Bertz CT molecular complexity index is 1130. The van der Waals surface area contributed by atoms with Crippen LogP contribution in [0.15, 0.2) is 59.6 Å². The minimum atomic E-state index is -1.28. The number of carboxylic acid groups (broad SMARTS) is 1. The number of benzene rings is 2. The van der Waals surface area contributed by atoms with Crippen LogP contribution in [0.25, 0.3) is 0 Å². The van der Waals surface area contributed by atoms with Crippen molar-refractivity contribution in [1.82, 2.24) is 16.0 Å². The summed E-state index contributed by atoms with van der Waals surface area (Å²) in [4.78, 5) is 40.9. The van der Waals surface area contributed by atoms with E-state index in [1.165, 1.54) is 5.56 Å². The fraction of sp³-hybridized carbons (Fsp3) is 0.429. The lowest BCUT2D eigenvalue weighted by Crippen LogP contribution is -2.49. The van der Waals surface area contributed by atoms with Crippen molar-refractivity contribution in [1.29, 1.82) is 0 Å². The molecule has 0 bridgehead atoms. The molecule has 2 aromatic carbocycles. The number of ether oxygens (including phenoxy) is 1. The number of hydrogen-bond donors (Lipinski definition) is 5. The van der Waals surface area contributed by atoms with Crippen LogP contribution in [-0.2, 0) is 20.9 Å². The Morgan fingerprint density at radius 3 is 2.55 bits per heavy atom. The van der Waals surface area contributed by atoms with Gasteiger partial charge in [0.15, 0.2) is 5.96 Å². The van der Waals surface area contributed by atoms with Gasteiger partial charge < -0.3 is 31.1 Å². The molecule has 0 spiro atoms. The summed E-state index contributed by atoms with van der Waals surface area (Å²) in [5.74, 6) is -0.463. The number of carbonyl (C=O) groups is 3. The lowest BCUT2D eigenvalue weighted by Gasteiger charge is -2.29. The quantitative estimate of drug-likeness (QED) is 0.341. The van der Waals surface area contributed by atoms with Gasteiger partial charge in [0, 0.05) is 31.2 Å². The fourth-order valence-corrected chi connectivity index (χ4v) is 4.77. The Balaban J connectivity index is 1.21. The van der Waals surface area contributed by atoms with Crippen molar-refractivity contribution in [3.8, 4) is 0 Å². The van der Waals surface area contributed by atoms with Crippen molar-refractivity contribution < 1.29 is 24.2 Å². The smallest absolute Gasteiger partial charge is 0.408 e. The average molecular weight is 522 g/mol. The highest BCUT2D eigenvalue weighted by molar-refractivity contribution is 5.94. The number of guanidine groups is 1. The summed E-state index contributed by atoms with van der Waals surface area (Å²) in [6, 6.07) is 16.1. The van der Waals surface area contributed by atoms with Gasteiger partial charge in [0.05, 0.1) is 0 Å². The van der Waals surface area contributed by atoms with Gasteiger partial charge in [0.2, 0.25) is 5.91 Å². The van der Waals surface area contributed by atoms with E-state index in [4.69, 9.17) is 4.74 Å². The van der Waals surface area contributed by atoms with Crippen LogP contribution in [0.2, 0.25) is 0 Å². The lowest BCUT2D eigenvalue weighted by molar-refractivity contribution is -0.139. The molecule has 4 rings (SSSR count). The van der Waals surface area contributed by atoms with Crippen molar-refractivity contribution >= 4 is 29.6 Å². The van der Waals surface area contributed by atoms with Crippen LogP contribution in [0.1, 0.15) is 49.1 Å². The van der Waals surface area contributed by atoms with Gasteiger partial charge in [-0.2, -0.15) is 0 Å². The molecular formula is C28H35N5O5. The highest BCUT2D eigenvalue weighted by Crippen LogP contribution is 2.36. The predicted molar refractivity (Wildman–Crippen MR) is 144 cm³/mol. The zero-order valence-electron chi connectivity index (χ0n) is 21.3. The summed E-state index contributed by atoms with van der Waals surface area (Å²) in [6.07, 6.45) is 3.36. The Morgan fingerprint density at radius 2 is 1.84 bits per heavy atom. The second-order valence-corrected chi connectivity index (χ2v) is 9.65. The van der Waals surface area contributed by atoms with E-state index in [1.54, 1.807) is 12.1 Å². The molecule has 38 heavy (non-hydrogen) atoms. The molecule has 0 aromatic heterocycles.